The largest absolute Gasteiger partial charge is 0.508 e. The number of rotatable bonds is 6. The van der Waals surface area contributed by atoms with Gasteiger partial charge in [0.25, 0.3) is 0 Å². The van der Waals surface area contributed by atoms with Gasteiger partial charge in [-0.25, -0.2) is 0 Å². The highest BCUT2D eigenvalue weighted by molar-refractivity contribution is 5.54. The molecule has 2 unspecified atom stereocenters. The van der Waals surface area contributed by atoms with Gasteiger partial charge in [-0.1, -0.05) is 26.3 Å². The second-order valence-corrected chi connectivity index (χ2v) is 5.08. The molecule has 0 saturated carbocycles. The van der Waals surface area contributed by atoms with E-state index in [-0.39, 0.29) is 6.04 Å². The van der Waals surface area contributed by atoms with Crippen molar-refractivity contribution < 1.29 is 5.11 Å². The Bertz CT molecular complexity index is 377. The van der Waals surface area contributed by atoms with Gasteiger partial charge in [-0.3, -0.25) is 0 Å². The van der Waals surface area contributed by atoms with Crippen molar-refractivity contribution in [2.24, 2.45) is 11.7 Å². The highest BCUT2D eigenvalue weighted by Crippen LogP contribution is 2.28. The number of nitrogens with zero attached hydrogens (tertiary/aromatic N) is 1. The Labute approximate surface area is 111 Å². The maximum Gasteiger partial charge on any atom is 0.122 e. The fourth-order valence-electron chi connectivity index (χ4n) is 2.04. The van der Waals surface area contributed by atoms with E-state index in [1.54, 1.807) is 0 Å². The van der Waals surface area contributed by atoms with E-state index in [2.05, 4.69) is 25.7 Å². The molecule has 1 aromatic carbocycles. The van der Waals surface area contributed by atoms with E-state index in [9.17, 15) is 5.11 Å². The molecule has 0 bridgehead atoms. The fraction of sp³-hybridized carbons (Fsp3) is 0.600. The molecule has 1 rings (SSSR count). The molecule has 0 amide bonds. The van der Waals surface area contributed by atoms with E-state index in [1.165, 1.54) is 6.42 Å². The molecule has 2 atom stereocenters. The van der Waals surface area contributed by atoms with Crippen LogP contribution in [0.1, 0.15) is 45.7 Å². The molecular weight excluding hydrogens is 224 g/mol. The van der Waals surface area contributed by atoms with E-state index in [0.29, 0.717) is 11.7 Å². The molecular formula is C15H26N2O. The van der Waals surface area contributed by atoms with Crippen molar-refractivity contribution in [3.8, 4) is 5.75 Å². The van der Waals surface area contributed by atoms with E-state index in [4.69, 9.17) is 5.73 Å². The zero-order valence-corrected chi connectivity index (χ0v) is 12.0. The van der Waals surface area contributed by atoms with Gasteiger partial charge in [0.15, 0.2) is 0 Å². The van der Waals surface area contributed by atoms with Gasteiger partial charge >= 0.3 is 0 Å². The van der Waals surface area contributed by atoms with E-state index < -0.39 is 0 Å². The van der Waals surface area contributed by atoms with Gasteiger partial charge in [0, 0.05) is 36.4 Å². The van der Waals surface area contributed by atoms with Gasteiger partial charge in [0.1, 0.15) is 5.75 Å². The second kappa shape index (κ2) is 6.64. The lowest BCUT2D eigenvalue weighted by Crippen LogP contribution is -2.28. The first-order valence-corrected chi connectivity index (χ1v) is 6.83. The highest BCUT2D eigenvalue weighted by Gasteiger charge is 2.12. The lowest BCUT2D eigenvalue weighted by Gasteiger charge is -2.27. The van der Waals surface area contributed by atoms with Crippen molar-refractivity contribution in [3.63, 3.8) is 0 Å². The number of anilines is 1. The van der Waals surface area contributed by atoms with Crippen LogP contribution in [0.5, 0.6) is 5.75 Å². The van der Waals surface area contributed by atoms with Crippen molar-refractivity contribution in [1.29, 1.82) is 0 Å². The van der Waals surface area contributed by atoms with Crippen molar-refractivity contribution in [3.05, 3.63) is 23.8 Å². The minimum Gasteiger partial charge on any atom is -0.508 e. The molecule has 0 spiro atoms. The third-order valence-corrected chi connectivity index (χ3v) is 3.48. The Morgan fingerprint density at radius 3 is 2.39 bits per heavy atom. The first kappa shape index (κ1) is 14.8. The molecule has 18 heavy (non-hydrogen) atoms. The number of hydrogen-bond acceptors (Lipinski definition) is 3. The molecule has 0 fully saturated rings. The molecule has 102 valence electrons. The van der Waals surface area contributed by atoms with Crippen molar-refractivity contribution >= 4 is 5.69 Å². The lowest BCUT2D eigenvalue weighted by atomic mass is 10.1. The number of benzene rings is 1. The molecule has 1 aromatic rings. The summed E-state index contributed by atoms with van der Waals surface area (Å²) in [5.41, 5.74) is 7.68. The van der Waals surface area contributed by atoms with Crippen LogP contribution in [-0.4, -0.2) is 18.2 Å². The molecule has 0 aromatic heterocycles. The average Bonchev–Trinajstić information content (AvgIpc) is 2.34. The summed E-state index contributed by atoms with van der Waals surface area (Å²) in [5.74, 6) is 0.949. The third-order valence-electron chi connectivity index (χ3n) is 3.48. The summed E-state index contributed by atoms with van der Waals surface area (Å²) in [6.07, 6.45) is 1.17. The quantitative estimate of drug-likeness (QED) is 0.814. The summed E-state index contributed by atoms with van der Waals surface area (Å²) in [4.78, 5) is 2.29. The van der Waals surface area contributed by atoms with Gasteiger partial charge < -0.3 is 15.7 Å². The minimum absolute atomic E-state index is 0.135. The van der Waals surface area contributed by atoms with Crippen molar-refractivity contribution in [1.82, 2.24) is 0 Å². The standard InChI is InChI=1S/C15H26N2O/c1-5-11(3)10-17(6-2)13-7-8-14(12(4)16)15(18)9-13/h7-9,11-12,18H,5-6,10,16H2,1-4H3. The molecule has 3 heteroatoms. The minimum atomic E-state index is -0.135. The van der Waals surface area contributed by atoms with Crippen molar-refractivity contribution in [2.75, 3.05) is 18.0 Å². The van der Waals surface area contributed by atoms with Crippen LogP contribution in [-0.2, 0) is 0 Å². The molecule has 3 N–H and O–H groups in total. The smallest absolute Gasteiger partial charge is 0.122 e. The molecule has 3 nitrogen and oxygen atoms in total. The van der Waals surface area contributed by atoms with Crippen LogP contribution in [0.4, 0.5) is 5.69 Å². The van der Waals surface area contributed by atoms with Gasteiger partial charge in [0.05, 0.1) is 0 Å². The van der Waals surface area contributed by atoms with Crippen LogP contribution in [0.15, 0.2) is 18.2 Å². The second-order valence-electron chi connectivity index (χ2n) is 5.08. The lowest BCUT2D eigenvalue weighted by molar-refractivity contribution is 0.463. The summed E-state index contributed by atoms with van der Waals surface area (Å²) < 4.78 is 0. The van der Waals surface area contributed by atoms with Crippen LogP contribution >= 0.6 is 0 Å². The summed E-state index contributed by atoms with van der Waals surface area (Å²) in [5, 5.41) is 9.99. The zero-order chi connectivity index (χ0) is 13.7. The van der Waals surface area contributed by atoms with Crippen LogP contribution < -0.4 is 10.6 Å². The van der Waals surface area contributed by atoms with Crippen molar-refractivity contribution in [2.45, 2.75) is 40.2 Å². The van der Waals surface area contributed by atoms with Crippen LogP contribution in [0.25, 0.3) is 0 Å². The van der Waals surface area contributed by atoms with Gasteiger partial charge in [-0.05, 0) is 25.8 Å². The SMILES string of the molecule is CCC(C)CN(CC)c1ccc(C(C)N)c(O)c1. The summed E-state index contributed by atoms with van der Waals surface area (Å²) in [6.45, 7) is 10.4. The molecule has 0 aliphatic rings. The number of phenols is 1. The van der Waals surface area contributed by atoms with Crippen LogP contribution in [0, 0.1) is 5.92 Å². The summed E-state index contributed by atoms with van der Waals surface area (Å²) in [7, 11) is 0. The molecule has 0 radical (unpaired) electrons. The highest BCUT2D eigenvalue weighted by atomic mass is 16.3. The van der Waals surface area contributed by atoms with Gasteiger partial charge in [-0.2, -0.15) is 0 Å². The number of hydrogen-bond donors (Lipinski definition) is 2. The predicted molar refractivity (Wildman–Crippen MR) is 78.1 cm³/mol. The van der Waals surface area contributed by atoms with E-state index in [0.717, 1.165) is 24.3 Å². The Morgan fingerprint density at radius 2 is 1.94 bits per heavy atom. The number of phenolic OH excluding ortho intramolecular Hbond substituents is 1. The van der Waals surface area contributed by atoms with Crippen LogP contribution in [0.2, 0.25) is 0 Å². The fourth-order valence-corrected chi connectivity index (χ4v) is 2.04. The third kappa shape index (κ3) is 3.64. The molecule has 0 heterocycles. The predicted octanol–water partition coefficient (Wildman–Crippen LogP) is 3.28. The Balaban J connectivity index is 2.90. The Morgan fingerprint density at radius 1 is 1.28 bits per heavy atom. The zero-order valence-electron chi connectivity index (χ0n) is 12.0. The number of aromatic hydroxyl groups is 1. The Hall–Kier alpha value is -1.22. The van der Waals surface area contributed by atoms with E-state index >= 15 is 0 Å². The van der Waals surface area contributed by atoms with Gasteiger partial charge in [0.2, 0.25) is 0 Å². The first-order valence-electron chi connectivity index (χ1n) is 6.83. The maximum absolute atomic E-state index is 9.99. The molecule has 0 saturated heterocycles. The normalized spacial score (nSPS) is 14.3. The summed E-state index contributed by atoms with van der Waals surface area (Å²) >= 11 is 0. The molecule has 0 aliphatic carbocycles. The molecule has 0 aliphatic heterocycles. The maximum atomic E-state index is 9.99. The van der Waals surface area contributed by atoms with Gasteiger partial charge in [-0.15, -0.1) is 0 Å². The Kier molecular flexibility index (Phi) is 5.48. The summed E-state index contributed by atoms with van der Waals surface area (Å²) in [6, 6.07) is 5.66. The topological polar surface area (TPSA) is 49.5 Å². The average molecular weight is 250 g/mol. The van der Waals surface area contributed by atoms with E-state index in [1.807, 2.05) is 25.1 Å². The first-order chi connectivity index (χ1) is 8.49. The van der Waals surface area contributed by atoms with Crippen LogP contribution in [0.3, 0.4) is 0 Å². The monoisotopic (exact) mass is 250 g/mol. The number of nitrogens with two attached hydrogens (primary N) is 1.